The highest BCUT2D eigenvalue weighted by atomic mass is 32.3. The van der Waals surface area contributed by atoms with Crippen molar-refractivity contribution in [2.75, 3.05) is 0 Å². The molecule has 4 rings (SSSR count). The second-order valence-electron chi connectivity index (χ2n) is 9.31. The molecule has 0 aliphatic rings. The average Bonchev–Trinajstić information content (AvgIpc) is 2.84. The van der Waals surface area contributed by atoms with Gasteiger partial charge >= 0.3 is 21.0 Å². The summed E-state index contributed by atoms with van der Waals surface area (Å²) in [7, 11) is -10.5. The summed E-state index contributed by atoms with van der Waals surface area (Å²) in [5.41, 5.74) is 3.64. The first kappa shape index (κ1) is 28.3. The van der Waals surface area contributed by atoms with E-state index in [4.69, 9.17) is 0 Å². The van der Waals surface area contributed by atoms with Crippen LogP contribution in [-0.4, -0.2) is 16.8 Å². The minimum Gasteiger partial charge on any atom is -0.358 e. The standard InChI is InChI=1S/C29H26F2O6S2/c1-19-15-25(16-20(2)27(19)36-38(30,32)33)29(23-11-7-5-8-12-23,24-13-9-6-10-14-24)26-17-21(3)28(22(4)18-26)37-39(31,34)35/h5-18H,1-4H3. The van der Waals surface area contributed by atoms with Gasteiger partial charge in [-0.25, -0.2) is 0 Å². The van der Waals surface area contributed by atoms with E-state index in [-0.39, 0.29) is 11.5 Å². The van der Waals surface area contributed by atoms with Crippen molar-refractivity contribution in [3.8, 4) is 11.5 Å². The third kappa shape index (κ3) is 5.81. The Morgan fingerprint density at radius 3 is 1.05 bits per heavy atom. The molecule has 0 heterocycles. The third-order valence-electron chi connectivity index (χ3n) is 6.57. The summed E-state index contributed by atoms with van der Waals surface area (Å²) in [5.74, 6) is -0.221. The van der Waals surface area contributed by atoms with Gasteiger partial charge in [0.1, 0.15) is 0 Å². The molecular formula is C29H26F2O6S2. The van der Waals surface area contributed by atoms with Gasteiger partial charge in [0.15, 0.2) is 11.5 Å². The molecular weight excluding hydrogens is 546 g/mol. The number of rotatable bonds is 8. The van der Waals surface area contributed by atoms with E-state index in [1.54, 1.807) is 52.0 Å². The molecule has 0 unspecified atom stereocenters. The van der Waals surface area contributed by atoms with Crippen molar-refractivity contribution in [3.63, 3.8) is 0 Å². The van der Waals surface area contributed by atoms with E-state index in [0.717, 1.165) is 11.1 Å². The molecule has 0 fully saturated rings. The second kappa shape index (κ2) is 10.4. The number of benzene rings is 4. The van der Waals surface area contributed by atoms with Crippen LogP contribution in [-0.2, 0) is 26.4 Å². The van der Waals surface area contributed by atoms with E-state index < -0.39 is 26.4 Å². The van der Waals surface area contributed by atoms with Crippen LogP contribution in [0.25, 0.3) is 0 Å². The Labute approximate surface area is 227 Å². The topological polar surface area (TPSA) is 86.7 Å². The maximum atomic E-state index is 13.5. The highest BCUT2D eigenvalue weighted by Gasteiger charge is 2.40. The van der Waals surface area contributed by atoms with Gasteiger partial charge in [0.05, 0.1) is 5.41 Å². The predicted octanol–water partition coefficient (Wildman–Crippen LogP) is 6.49. The highest BCUT2D eigenvalue weighted by Crippen LogP contribution is 2.48. The SMILES string of the molecule is Cc1cc(C(c2ccccc2)(c2ccccc2)c2cc(C)c(OS(=O)(=O)F)c(C)c2)cc(C)c1OS(=O)(=O)F. The van der Waals surface area contributed by atoms with Crippen LogP contribution in [0.5, 0.6) is 11.5 Å². The van der Waals surface area contributed by atoms with Crippen molar-refractivity contribution >= 4 is 21.0 Å². The van der Waals surface area contributed by atoms with Crippen molar-refractivity contribution in [2.45, 2.75) is 33.1 Å². The first-order chi connectivity index (χ1) is 18.2. The van der Waals surface area contributed by atoms with Crippen LogP contribution >= 0.6 is 0 Å². The molecule has 0 saturated carbocycles. The fraction of sp³-hybridized carbons (Fsp3) is 0.172. The lowest BCUT2D eigenvalue weighted by atomic mass is 9.64. The Morgan fingerprint density at radius 1 is 0.513 bits per heavy atom. The second-order valence-corrected chi connectivity index (χ2v) is 11.2. The molecule has 0 saturated heterocycles. The van der Waals surface area contributed by atoms with E-state index in [1.807, 2.05) is 60.7 Å². The normalized spacial score (nSPS) is 12.3. The minimum atomic E-state index is -5.25. The minimum absolute atomic E-state index is 0.111. The molecule has 0 aliphatic carbocycles. The molecule has 0 bridgehead atoms. The fourth-order valence-corrected chi connectivity index (χ4v) is 6.10. The van der Waals surface area contributed by atoms with E-state index in [0.29, 0.717) is 33.4 Å². The Kier molecular flexibility index (Phi) is 7.55. The zero-order chi connectivity index (χ0) is 28.6. The van der Waals surface area contributed by atoms with E-state index >= 15 is 0 Å². The lowest BCUT2D eigenvalue weighted by Crippen LogP contribution is -2.31. The van der Waals surface area contributed by atoms with Crippen molar-refractivity contribution in [1.29, 1.82) is 0 Å². The van der Waals surface area contributed by atoms with Crippen LogP contribution in [0.1, 0.15) is 44.5 Å². The van der Waals surface area contributed by atoms with E-state index in [1.165, 1.54) is 0 Å². The molecule has 0 aliphatic heterocycles. The van der Waals surface area contributed by atoms with Gasteiger partial charge in [0.2, 0.25) is 0 Å². The maximum absolute atomic E-state index is 13.5. The zero-order valence-corrected chi connectivity index (χ0v) is 23.2. The van der Waals surface area contributed by atoms with Gasteiger partial charge in [-0.1, -0.05) is 92.7 Å². The van der Waals surface area contributed by atoms with Crippen LogP contribution < -0.4 is 8.37 Å². The molecule has 204 valence electrons. The molecule has 6 nitrogen and oxygen atoms in total. The van der Waals surface area contributed by atoms with Gasteiger partial charge in [-0.3, -0.25) is 0 Å². The molecule has 0 N–H and O–H groups in total. The Balaban J connectivity index is 2.14. The summed E-state index contributed by atoms with van der Waals surface area (Å²) >= 11 is 0. The predicted molar refractivity (Wildman–Crippen MR) is 145 cm³/mol. The fourth-order valence-electron chi connectivity index (χ4n) is 5.17. The van der Waals surface area contributed by atoms with Crippen LogP contribution in [0.2, 0.25) is 0 Å². The third-order valence-corrected chi connectivity index (χ3v) is 7.30. The van der Waals surface area contributed by atoms with Gasteiger partial charge in [0, 0.05) is 0 Å². The molecule has 39 heavy (non-hydrogen) atoms. The molecule has 0 atom stereocenters. The number of hydrogen-bond acceptors (Lipinski definition) is 6. The van der Waals surface area contributed by atoms with Crippen LogP contribution in [0.3, 0.4) is 0 Å². The van der Waals surface area contributed by atoms with Gasteiger partial charge in [-0.05, 0) is 72.2 Å². The van der Waals surface area contributed by atoms with E-state index in [2.05, 4.69) is 8.37 Å². The first-order valence-corrected chi connectivity index (χ1v) is 14.5. The number of halogens is 2. The van der Waals surface area contributed by atoms with Crippen molar-refractivity contribution in [1.82, 2.24) is 0 Å². The number of aryl methyl sites for hydroxylation is 4. The molecule has 10 heteroatoms. The van der Waals surface area contributed by atoms with Gasteiger partial charge in [0.25, 0.3) is 0 Å². The van der Waals surface area contributed by atoms with Crippen molar-refractivity contribution in [2.24, 2.45) is 0 Å². The summed E-state index contributed by atoms with van der Waals surface area (Å²) < 4.78 is 81.4. The average molecular weight is 573 g/mol. The van der Waals surface area contributed by atoms with Crippen molar-refractivity contribution in [3.05, 3.63) is 129 Å². The van der Waals surface area contributed by atoms with E-state index in [9.17, 15) is 24.6 Å². The Bertz CT molecular complexity index is 1560. The largest absolute Gasteiger partial charge is 0.488 e. The molecule has 4 aromatic carbocycles. The molecule has 0 radical (unpaired) electrons. The Hall–Kier alpha value is -3.76. The number of hydrogen-bond donors (Lipinski definition) is 0. The van der Waals surface area contributed by atoms with Crippen LogP contribution in [0, 0.1) is 27.7 Å². The zero-order valence-electron chi connectivity index (χ0n) is 21.6. The molecule has 4 aromatic rings. The summed E-state index contributed by atoms with van der Waals surface area (Å²) in [6.07, 6.45) is 0. The van der Waals surface area contributed by atoms with Crippen LogP contribution in [0.15, 0.2) is 84.9 Å². The summed E-state index contributed by atoms with van der Waals surface area (Å²) in [6.45, 7) is 6.49. The Morgan fingerprint density at radius 2 is 0.795 bits per heavy atom. The van der Waals surface area contributed by atoms with Gasteiger partial charge in [-0.15, -0.1) is 0 Å². The lowest BCUT2D eigenvalue weighted by molar-refractivity contribution is 0.435. The first-order valence-electron chi connectivity index (χ1n) is 11.8. The molecule has 0 spiro atoms. The maximum Gasteiger partial charge on any atom is 0.488 e. The highest BCUT2D eigenvalue weighted by molar-refractivity contribution is 7.82. The monoisotopic (exact) mass is 572 g/mol. The molecule has 0 aromatic heterocycles. The van der Waals surface area contributed by atoms with Crippen molar-refractivity contribution < 1.29 is 33.0 Å². The summed E-state index contributed by atoms with van der Waals surface area (Å²) in [4.78, 5) is 0. The smallest absolute Gasteiger partial charge is 0.358 e. The summed E-state index contributed by atoms with van der Waals surface area (Å²) in [6, 6.07) is 26.0. The van der Waals surface area contributed by atoms with Gasteiger partial charge < -0.3 is 8.37 Å². The lowest BCUT2D eigenvalue weighted by Gasteiger charge is -2.38. The molecule has 0 amide bonds. The quantitative estimate of drug-likeness (QED) is 0.177. The summed E-state index contributed by atoms with van der Waals surface area (Å²) in [5, 5.41) is 0. The van der Waals surface area contributed by atoms with Gasteiger partial charge in [-0.2, -0.15) is 16.8 Å². The van der Waals surface area contributed by atoms with Crippen LogP contribution in [0.4, 0.5) is 7.77 Å².